The number of hydrogen-bond acceptors (Lipinski definition) is 5. The first-order valence-corrected chi connectivity index (χ1v) is 11.1. The summed E-state index contributed by atoms with van der Waals surface area (Å²) in [6.07, 6.45) is 0. The monoisotopic (exact) mass is 451 g/mol. The van der Waals surface area contributed by atoms with Crippen molar-refractivity contribution >= 4 is 27.5 Å². The lowest BCUT2D eigenvalue weighted by molar-refractivity contribution is -0.115. The van der Waals surface area contributed by atoms with Crippen molar-refractivity contribution in [2.24, 2.45) is 0 Å². The molecule has 2 rings (SSSR count). The Morgan fingerprint density at radius 1 is 1.10 bits per heavy atom. The van der Waals surface area contributed by atoms with E-state index in [9.17, 15) is 22.4 Å². The topological polar surface area (TPSA) is 105 Å². The van der Waals surface area contributed by atoms with Gasteiger partial charge in [0.2, 0.25) is 15.9 Å². The summed E-state index contributed by atoms with van der Waals surface area (Å²) in [6.45, 7) is 5.24. The maximum absolute atomic E-state index is 14.2. The molecule has 0 saturated carbocycles. The van der Waals surface area contributed by atoms with Gasteiger partial charge in [0.05, 0.1) is 29.8 Å². The number of ether oxygens (including phenoxy) is 1. The van der Waals surface area contributed by atoms with Crippen molar-refractivity contribution in [3.05, 3.63) is 53.3 Å². The zero-order valence-corrected chi connectivity index (χ0v) is 18.7. The molecule has 0 aliphatic carbocycles. The van der Waals surface area contributed by atoms with E-state index in [1.165, 1.54) is 11.4 Å². The molecule has 2 N–H and O–H groups in total. The van der Waals surface area contributed by atoms with Crippen LogP contribution in [0.1, 0.15) is 29.8 Å². The molecule has 168 valence electrons. The molecule has 0 unspecified atom stereocenters. The van der Waals surface area contributed by atoms with Crippen molar-refractivity contribution in [2.75, 3.05) is 32.1 Å². The Kier molecular flexibility index (Phi) is 8.12. The SMILES string of the molecule is CCN(CC)S(=O)(=O)c1ccc(F)c(C(=O)NCC(=O)Nc2cc(C)ccc2OC)c1. The van der Waals surface area contributed by atoms with Gasteiger partial charge in [0.15, 0.2) is 0 Å². The lowest BCUT2D eigenvalue weighted by atomic mass is 10.2. The minimum atomic E-state index is -3.86. The molecule has 0 bridgehead atoms. The maximum Gasteiger partial charge on any atom is 0.254 e. The van der Waals surface area contributed by atoms with Gasteiger partial charge in [-0.3, -0.25) is 9.59 Å². The fraction of sp³-hybridized carbons (Fsp3) is 0.333. The van der Waals surface area contributed by atoms with Gasteiger partial charge >= 0.3 is 0 Å². The summed E-state index contributed by atoms with van der Waals surface area (Å²) < 4.78 is 45.8. The number of nitrogens with zero attached hydrogens (tertiary/aromatic N) is 1. The first kappa shape index (κ1) is 24.3. The van der Waals surface area contributed by atoms with Crippen LogP contribution in [0.25, 0.3) is 0 Å². The van der Waals surface area contributed by atoms with Gasteiger partial charge in [-0.05, 0) is 42.8 Å². The van der Waals surface area contributed by atoms with Crippen LogP contribution in [0.5, 0.6) is 5.75 Å². The van der Waals surface area contributed by atoms with Crippen molar-refractivity contribution in [1.29, 1.82) is 0 Å². The second-order valence-electron chi connectivity index (χ2n) is 6.67. The molecule has 0 aliphatic heterocycles. The average Bonchev–Trinajstić information content (AvgIpc) is 2.73. The Balaban J connectivity index is 2.14. The number of benzene rings is 2. The van der Waals surface area contributed by atoms with Gasteiger partial charge in [-0.15, -0.1) is 0 Å². The largest absolute Gasteiger partial charge is 0.495 e. The van der Waals surface area contributed by atoms with Gasteiger partial charge in [-0.1, -0.05) is 19.9 Å². The van der Waals surface area contributed by atoms with Crippen LogP contribution in [0.2, 0.25) is 0 Å². The highest BCUT2D eigenvalue weighted by Gasteiger charge is 2.24. The van der Waals surface area contributed by atoms with Crippen LogP contribution in [0.4, 0.5) is 10.1 Å². The van der Waals surface area contributed by atoms with E-state index in [2.05, 4.69) is 10.6 Å². The van der Waals surface area contributed by atoms with Gasteiger partial charge in [-0.25, -0.2) is 12.8 Å². The van der Waals surface area contributed by atoms with E-state index in [1.807, 2.05) is 13.0 Å². The molecular weight excluding hydrogens is 425 g/mol. The predicted octanol–water partition coefficient (Wildman–Crippen LogP) is 2.54. The number of rotatable bonds is 9. The van der Waals surface area contributed by atoms with Gasteiger partial charge < -0.3 is 15.4 Å². The predicted molar refractivity (Wildman–Crippen MR) is 115 cm³/mol. The molecule has 0 atom stereocenters. The Morgan fingerprint density at radius 3 is 2.39 bits per heavy atom. The summed E-state index contributed by atoms with van der Waals surface area (Å²) in [4.78, 5) is 24.5. The number of methoxy groups -OCH3 is 1. The number of nitrogens with one attached hydrogen (secondary N) is 2. The second kappa shape index (κ2) is 10.4. The lowest BCUT2D eigenvalue weighted by Gasteiger charge is -2.19. The van der Waals surface area contributed by atoms with Crippen molar-refractivity contribution in [3.8, 4) is 5.75 Å². The van der Waals surface area contributed by atoms with E-state index in [0.717, 1.165) is 23.8 Å². The highest BCUT2D eigenvalue weighted by molar-refractivity contribution is 7.89. The van der Waals surface area contributed by atoms with Crippen LogP contribution in [-0.4, -0.2) is 51.3 Å². The van der Waals surface area contributed by atoms with E-state index in [0.29, 0.717) is 11.4 Å². The Bertz CT molecular complexity index is 1070. The molecule has 0 aromatic heterocycles. The smallest absolute Gasteiger partial charge is 0.254 e. The number of amides is 2. The molecule has 0 radical (unpaired) electrons. The Labute approximate surface area is 181 Å². The third kappa shape index (κ3) is 5.80. The first-order valence-electron chi connectivity index (χ1n) is 9.66. The third-order valence-corrected chi connectivity index (χ3v) is 6.61. The number of hydrogen-bond donors (Lipinski definition) is 2. The quantitative estimate of drug-likeness (QED) is 0.610. The zero-order valence-electron chi connectivity index (χ0n) is 17.9. The van der Waals surface area contributed by atoms with Crippen LogP contribution >= 0.6 is 0 Å². The van der Waals surface area contributed by atoms with Crippen molar-refractivity contribution in [2.45, 2.75) is 25.7 Å². The summed E-state index contributed by atoms with van der Waals surface area (Å²) in [7, 11) is -2.40. The molecule has 8 nitrogen and oxygen atoms in total. The number of carbonyl (C=O) groups is 2. The van der Waals surface area contributed by atoms with Crippen LogP contribution in [0.15, 0.2) is 41.3 Å². The summed E-state index contributed by atoms with van der Waals surface area (Å²) in [5.41, 5.74) is 0.864. The van der Waals surface area contributed by atoms with Crippen molar-refractivity contribution in [1.82, 2.24) is 9.62 Å². The molecule has 0 heterocycles. The van der Waals surface area contributed by atoms with Crippen LogP contribution in [-0.2, 0) is 14.8 Å². The Morgan fingerprint density at radius 2 is 1.77 bits per heavy atom. The third-order valence-electron chi connectivity index (χ3n) is 4.56. The van der Waals surface area contributed by atoms with E-state index in [4.69, 9.17) is 4.74 Å². The van der Waals surface area contributed by atoms with Gasteiger partial charge in [0.25, 0.3) is 5.91 Å². The molecule has 31 heavy (non-hydrogen) atoms. The van der Waals surface area contributed by atoms with Gasteiger partial charge in [-0.2, -0.15) is 4.31 Å². The number of anilines is 1. The first-order chi connectivity index (χ1) is 14.6. The number of aryl methyl sites for hydroxylation is 1. The zero-order chi connectivity index (χ0) is 23.2. The molecule has 10 heteroatoms. The van der Waals surface area contributed by atoms with Gasteiger partial charge in [0.1, 0.15) is 11.6 Å². The van der Waals surface area contributed by atoms with Crippen LogP contribution in [0.3, 0.4) is 0 Å². The lowest BCUT2D eigenvalue weighted by Crippen LogP contribution is -2.34. The van der Waals surface area contributed by atoms with Crippen molar-refractivity contribution < 1.29 is 27.1 Å². The van der Waals surface area contributed by atoms with Crippen LogP contribution in [0, 0.1) is 12.7 Å². The number of sulfonamides is 1. The molecule has 0 aliphatic rings. The summed E-state index contributed by atoms with van der Waals surface area (Å²) in [6, 6.07) is 8.22. The summed E-state index contributed by atoms with van der Waals surface area (Å²) in [5, 5.41) is 4.92. The van der Waals surface area contributed by atoms with E-state index < -0.39 is 39.8 Å². The second-order valence-corrected chi connectivity index (χ2v) is 8.60. The number of carbonyl (C=O) groups excluding carboxylic acids is 2. The summed E-state index contributed by atoms with van der Waals surface area (Å²) >= 11 is 0. The van der Waals surface area contributed by atoms with E-state index >= 15 is 0 Å². The highest BCUT2D eigenvalue weighted by Crippen LogP contribution is 2.25. The molecule has 0 fully saturated rings. The normalized spacial score (nSPS) is 11.3. The van der Waals surface area contributed by atoms with Gasteiger partial charge in [0, 0.05) is 13.1 Å². The fourth-order valence-electron chi connectivity index (χ4n) is 2.92. The standard InChI is InChI=1S/C21H26FN3O5S/c1-5-25(6-2)31(28,29)15-8-9-17(22)16(12-15)21(27)23-13-20(26)24-18-11-14(3)7-10-19(18)30-4/h7-12H,5-6,13H2,1-4H3,(H,23,27)(H,24,26). The fourth-order valence-corrected chi connectivity index (χ4v) is 4.41. The number of halogens is 1. The molecule has 2 aromatic rings. The van der Waals surface area contributed by atoms with E-state index in [-0.39, 0.29) is 18.0 Å². The highest BCUT2D eigenvalue weighted by atomic mass is 32.2. The van der Waals surface area contributed by atoms with E-state index in [1.54, 1.807) is 26.0 Å². The van der Waals surface area contributed by atoms with Crippen LogP contribution < -0.4 is 15.4 Å². The maximum atomic E-state index is 14.2. The summed E-state index contributed by atoms with van der Waals surface area (Å²) in [5.74, 6) is -1.90. The molecular formula is C21H26FN3O5S. The average molecular weight is 452 g/mol. The molecule has 2 amide bonds. The minimum absolute atomic E-state index is 0.198. The Hall–Kier alpha value is -2.98. The molecule has 0 saturated heterocycles. The molecule has 0 spiro atoms. The molecule has 2 aromatic carbocycles. The van der Waals surface area contributed by atoms with Crippen molar-refractivity contribution in [3.63, 3.8) is 0 Å². The minimum Gasteiger partial charge on any atom is -0.495 e.